The monoisotopic (exact) mass is 360 g/mol. The second-order valence-electron chi connectivity index (χ2n) is 6.25. The van der Waals surface area contributed by atoms with Gasteiger partial charge in [0.05, 0.1) is 12.8 Å². The van der Waals surface area contributed by atoms with Crippen molar-refractivity contribution in [2.45, 2.75) is 20.0 Å². The Morgan fingerprint density at radius 1 is 0.920 bits per heavy atom. The zero-order valence-corrected chi connectivity index (χ0v) is 15.7. The zero-order valence-electron chi connectivity index (χ0n) is 14.8. The second-order valence-corrected chi connectivity index (χ2v) is 8.23. The third-order valence-corrected chi connectivity index (χ3v) is 5.14. The number of carbonyl (C=O) groups is 1. The molecule has 0 heterocycles. The number of hydrogen-bond acceptors (Lipinski definition) is 3. The van der Waals surface area contributed by atoms with Crippen molar-refractivity contribution in [2.24, 2.45) is 0 Å². The van der Waals surface area contributed by atoms with Gasteiger partial charge >= 0.3 is 0 Å². The molecular weight excluding hydrogens is 336 g/mol. The Labute approximate surface area is 149 Å². The van der Waals surface area contributed by atoms with Gasteiger partial charge in [0.2, 0.25) is 15.9 Å². The fraction of sp³-hybridized carbons (Fsp3) is 0.316. The molecule has 0 spiro atoms. The molecule has 0 unspecified atom stereocenters. The quantitative estimate of drug-likeness (QED) is 0.762. The van der Waals surface area contributed by atoms with E-state index in [4.69, 9.17) is 0 Å². The van der Waals surface area contributed by atoms with Crippen LogP contribution in [0.25, 0.3) is 0 Å². The molecule has 0 aliphatic heterocycles. The average molecular weight is 360 g/mol. The first-order valence-electron chi connectivity index (χ1n) is 8.04. The molecule has 0 atom stereocenters. The van der Waals surface area contributed by atoms with E-state index in [2.05, 4.69) is 0 Å². The van der Waals surface area contributed by atoms with Gasteiger partial charge in [-0.3, -0.25) is 4.79 Å². The lowest BCUT2D eigenvalue weighted by molar-refractivity contribution is -0.130. The molecule has 0 bridgehead atoms. The summed E-state index contributed by atoms with van der Waals surface area (Å²) in [6.07, 6.45) is 1.13. The number of carbonyl (C=O) groups excluding carboxylic acids is 1. The van der Waals surface area contributed by atoms with Gasteiger partial charge in [-0.05, 0) is 18.1 Å². The first-order chi connectivity index (χ1) is 11.8. The Balaban J connectivity index is 2.04. The minimum Gasteiger partial charge on any atom is -0.340 e. The predicted molar refractivity (Wildman–Crippen MR) is 99.3 cm³/mol. The molecule has 0 saturated carbocycles. The number of hydrogen-bond donors (Lipinski definition) is 0. The van der Waals surface area contributed by atoms with E-state index < -0.39 is 10.0 Å². The average Bonchev–Trinajstić information content (AvgIpc) is 2.56. The van der Waals surface area contributed by atoms with Crippen LogP contribution < -0.4 is 0 Å². The van der Waals surface area contributed by atoms with Crippen LogP contribution in [0.15, 0.2) is 54.6 Å². The number of sulfonamides is 1. The second kappa shape index (κ2) is 8.27. The summed E-state index contributed by atoms with van der Waals surface area (Å²) in [7, 11) is -1.80. The summed E-state index contributed by atoms with van der Waals surface area (Å²) in [6, 6.07) is 17.2. The van der Waals surface area contributed by atoms with Crippen LogP contribution in [-0.2, 0) is 27.9 Å². The Morgan fingerprint density at radius 3 is 2.04 bits per heavy atom. The van der Waals surface area contributed by atoms with E-state index in [0.717, 1.165) is 22.9 Å². The number of nitrogens with zero attached hydrogens (tertiary/aromatic N) is 2. The highest BCUT2D eigenvalue weighted by molar-refractivity contribution is 7.88. The summed E-state index contributed by atoms with van der Waals surface area (Å²) in [6.45, 7) is 2.47. The summed E-state index contributed by atoms with van der Waals surface area (Å²) in [5.41, 5.74) is 3.01. The number of aryl methyl sites for hydroxylation is 1. The molecule has 0 aromatic heterocycles. The largest absolute Gasteiger partial charge is 0.340 e. The third kappa shape index (κ3) is 5.99. The summed E-state index contributed by atoms with van der Waals surface area (Å²) in [5, 5.41) is 0. The summed E-state index contributed by atoms with van der Waals surface area (Å²) < 4.78 is 25.3. The van der Waals surface area contributed by atoms with Crippen molar-refractivity contribution < 1.29 is 13.2 Å². The highest BCUT2D eigenvalue weighted by atomic mass is 32.2. The molecule has 0 fully saturated rings. The molecule has 0 aliphatic rings. The van der Waals surface area contributed by atoms with Crippen LogP contribution in [0.2, 0.25) is 0 Å². The fourth-order valence-corrected chi connectivity index (χ4v) is 3.13. The van der Waals surface area contributed by atoms with Crippen LogP contribution in [-0.4, -0.2) is 43.4 Å². The Kier molecular flexibility index (Phi) is 6.33. The number of amides is 1. The van der Waals surface area contributed by atoms with Gasteiger partial charge in [0.15, 0.2) is 0 Å². The first kappa shape index (κ1) is 19.1. The molecule has 1 amide bonds. The van der Waals surface area contributed by atoms with Gasteiger partial charge in [0.25, 0.3) is 0 Å². The van der Waals surface area contributed by atoms with Gasteiger partial charge in [-0.2, -0.15) is 4.31 Å². The van der Waals surface area contributed by atoms with E-state index in [1.807, 2.05) is 61.5 Å². The maximum Gasteiger partial charge on any atom is 0.237 e. The smallest absolute Gasteiger partial charge is 0.237 e. The molecule has 0 saturated heterocycles. The van der Waals surface area contributed by atoms with Crippen molar-refractivity contribution in [1.82, 2.24) is 9.21 Å². The van der Waals surface area contributed by atoms with Crippen LogP contribution in [0, 0.1) is 6.92 Å². The number of benzene rings is 2. The molecule has 6 heteroatoms. The van der Waals surface area contributed by atoms with Crippen LogP contribution in [0.3, 0.4) is 0 Å². The SMILES string of the molecule is Cc1ccc(CN(C)C(=O)CN(Cc2ccccc2)S(C)(=O)=O)cc1. The molecule has 0 N–H and O–H groups in total. The van der Waals surface area contributed by atoms with Crippen LogP contribution in [0.4, 0.5) is 0 Å². The number of rotatable bonds is 7. The van der Waals surface area contributed by atoms with Gasteiger partial charge in [-0.15, -0.1) is 0 Å². The summed E-state index contributed by atoms with van der Waals surface area (Å²) in [5.74, 6) is -0.234. The van der Waals surface area contributed by atoms with Gasteiger partial charge in [-0.25, -0.2) is 8.42 Å². The lowest BCUT2D eigenvalue weighted by Crippen LogP contribution is -2.40. The predicted octanol–water partition coefficient (Wildman–Crippen LogP) is 2.42. The van der Waals surface area contributed by atoms with E-state index in [-0.39, 0.29) is 19.0 Å². The van der Waals surface area contributed by atoms with E-state index >= 15 is 0 Å². The molecular formula is C19H24N2O3S. The van der Waals surface area contributed by atoms with Crippen molar-refractivity contribution in [1.29, 1.82) is 0 Å². The Bertz CT molecular complexity index is 802. The minimum atomic E-state index is -3.48. The van der Waals surface area contributed by atoms with Crippen molar-refractivity contribution in [2.75, 3.05) is 19.8 Å². The maximum atomic E-state index is 12.5. The van der Waals surface area contributed by atoms with Gasteiger partial charge in [0, 0.05) is 20.1 Å². The standard InChI is InChI=1S/C19H24N2O3S/c1-16-9-11-18(12-10-16)13-20(2)19(22)15-21(25(3,23)24)14-17-7-5-4-6-8-17/h4-12H,13-15H2,1-3H3. The van der Waals surface area contributed by atoms with Crippen molar-refractivity contribution in [3.63, 3.8) is 0 Å². The molecule has 25 heavy (non-hydrogen) atoms. The topological polar surface area (TPSA) is 57.7 Å². The van der Waals surface area contributed by atoms with Gasteiger partial charge in [-0.1, -0.05) is 60.2 Å². The molecule has 0 aliphatic carbocycles. The summed E-state index contributed by atoms with van der Waals surface area (Å²) >= 11 is 0. The molecule has 134 valence electrons. The summed E-state index contributed by atoms with van der Waals surface area (Å²) in [4.78, 5) is 14.0. The van der Waals surface area contributed by atoms with Crippen LogP contribution >= 0.6 is 0 Å². The van der Waals surface area contributed by atoms with E-state index in [1.54, 1.807) is 11.9 Å². The van der Waals surface area contributed by atoms with Gasteiger partial charge in [0.1, 0.15) is 0 Å². The van der Waals surface area contributed by atoms with Crippen molar-refractivity contribution >= 4 is 15.9 Å². The molecule has 5 nitrogen and oxygen atoms in total. The molecule has 2 rings (SSSR count). The maximum absolute atomic E-state index is 12.5. The molecule has 2 aromatic carbocycles. The highest BCUT2D eigenvalue weighted by Gasteiger charge is 2.22. The normalized spacial score (nSPS) is 11.5. The first-order valence-corrected chi connectivity index (χ1v) is 9.89. The minimum absolute atomic E-state index is 0.171. The number of likely N-dealkylation sites (N-methyl/N-ethyl adjacent to an activating group) is 1. The lowest BCUT2D eigenvalue weighted by Gasteiger charge is -2.23. The molecule has 2 aromatic rings. The van der Waals surface area contributed by atoms with E-state index in [1.165, 1.54) is 4.31 Å². The van der Waals surface area contributed by atoms with Gasteiger partial charge < -0.3 is 4.90 Å². The van der Waals surface area contributed by atoms with Crippen LogP contribution in [0.1, 0.15) is 16.7 Å². The highest BCUT2D eigenvalue weighted by Crippen LogP contribution is 2.10. The van der Waals surface area contributed by atoms with Crippen molar-refractivity contribution in [3.8, 4) is 0 Å². The van der Waals surface area contributed by atoms with E-state index in [9.17, 15) is 13.2 Å². The van der Waals surface area contributed by atoms with E-state index in [0.29, 0.717) is 6.54 Å². The van der Waals surface area contributed by atoms with Crippen LogP contribution in [0.5, 0.6) is 0 Å². The zero-order chi connectivity index (χ0) is 18.4. The Morgan fingerprint density at radius 2 is 1.48 bits per heavy atom. The Hall–Kier alpha value is -2.18. The van der Waals surface area contributed by atoms with Crippen molar-refractivity contribution in [3.05, 3.63) is 71.3 Å². The lowest BCUT2D eigenvalue weighted by atomic mass is 10.1. The molecule has 0 radical (unpaired) electrons. The third-order valence-electron chi connectivity index (χ3n) is 3.95. The fourth-order valence-electron chi connectivity index (χ4n) is 2.40.